The molecule has 0 fully saturated rings. The van der Waals surface area contributed by atoms with Crippen LogP contribution in [0, 0.1) is 6.92 Å². The normalized spacial score (nSPS) is 12.5. The van der Waals surface area contributed by atoms with E-state index < -0.39 is 0 Å². The van der Waals surface area contributed by atoms with Crippen molar-refractivity contribution in [1.29, 1.82) is 0 Å². The molecule has 0 unspecified atom stereocenters. The van der Waals surface area contributed by atoms with Crippen molar-refractivity contribution in [1.82, 2.24) is 5.32 Å². The van der Waals surface area contributed by atoms with Crippen LogP contribution in [0.1, 0.15) is 43.1 Å². The van der Waals surface area contributed by atoms with Gasteiger partial charge >= 0.3 is 0 Å². The van der Waals surface area contributed by atoms with Gasteiger partial charge in [0.05, 0.1) is 0 Å². The highest BCUT2D eigenvalue weighted by Gasteiger charge is 2.14. The largest absolute Gasteiger partial charge is 0.369 e. The summed E-state index contributed by atoms with van der Waals surface area (Å²) in [4.78, 5) is 0. The van der Waals surface area contributed by atoms with Crippen LogP contribution in [0.2, 0.25) is 0 Å². The van der Waals surface area contributed by atoms with Crippen molar-refractivity contribution in [3.8, 4) is 0 Å². The Hall–Kier alpha value is -1.64. The smallest absolute Gasteiger partial charge is 0.108 e. The van der Waals surface area contributed by atoms with E-state index in [9.17, 15) is 0 Å². The van der Waals surface area contributed by atoms with Crippen LogP contribution in [0.4, 0.5) is 0 Å². The van der Waals surface area contributed by atoms with Crippen LogP contribution in [0.25, 0.3) is 0 Å². The lowest BCUT2D eigenvalue weighted by Crippen LogP contribution is -2.24. The maximum absolute atomic E-state index is 6.20. The van der Waals surface area contributed by atoms with Crippen LogP contribution in [-0.4, -0.2) is 19.2 Å². The molecule has 2 rings (SSSR count). The molecule has 0 saturated heterocycles. The molecule has 1 atom stereocenters. The average Bonchev–Trinajstić information content (AvgIpc) is 2.53. The molecule has 1 N–H and O–H groups in total. The van der Waals surface area contributed by atoms with Gasteiger partial charge < -0.3 is 10.1 Å². The molecule has 0 aliphatic heterocycles. The molecule has 22 heavy (non-hydrogen) atoms. The number of benzene rings is 2. The van der Waals surface area contributed by atoms with E-state index in [1.54, 1.807) is 0 Å². The minimum absolute atomic E-state index is 0.0147. The molecular formula is C20H27NO. The van der Waals surface area contributed by atoms with Gasteiger partial charge in [0.1, 0.15) is 6.10 Å². The van der Waals surface area contributed by atoms with E-state index in [2.05, 4.69) is 74.6 Å². The lowest BCUT2D eigenvalue weighted by atomic mass is 10.0. The molecule has 0 aromatic heterocycles. The lowest BCUT2D eigenvalue weighted by Gasteiger charge is -2.19. The van der Waals surface area contributed by atoms with E-state index in [0.29, 0.717) is 6.04 Å². The van der Waals surface area contributed by atoms with Crippen molar-refractivity contribution in [3.05, 3.63) is 71.3 Å². The van der Waals surface area contributed by atoms with E-state index >= 15 is 0 Å². The van der Waals surface area contributed by atoms with Gasteiger partial charge in [0.2, 0.25) is 0 Å². The van der Waals surface area contributed by atoms with Gasteiger partial charge in [0.25, 0.3) is 0 Å². The third kappa shape index (κ3) is 5.28. The van der Waals surface area contributed by atoms with Gasteiger partial charge in [-0.05, 0) is 31.0 Å². The summed E-state index contributed by atoms with van der Waals surface area (Å²) in [7, 11) is 0. The van der Waals surface area contributed by atoms with E-state index in [0.717, 1.165) is 19.6 Å². The van der Waals surface area contributed by atoms with Gasteiger partial charge in [-0.2, -0.15) is 0 Å². The molecule has 2 nitrogen and oxygen atoms in total. The topological polar surface area (TPSA) is 21.3 Å². The Kier molecular flexibility index (Phi) is 6.63. The zero-order valence-electron chi connectivity index (χ0n) is 13.9. The van der Waals surface area contributed by atoms with E-state index in [-0.39, 0.29) is 6.10 Å². The summed E-state index contributed by atoms with van der Waals surface area (Å²) >= 11 is 0. The first kappa shape index (κ1) is 16.7. The summed E-state index contributed by atoms with van der Waals surface area (Å²) in [5.41, 5.74) is 3.70. The monoisotopic (exact) mass is 297 g/mol. The Balaban J connectivity index is 2.01. The molecule has 0 bridgehead atoms. The highest BCUT2D eigenvalue weighted by atomic mass is 16.5. The van der Waals surface area contributed by atoms with Gasteiger partial charge in [-0.3, -0.25) is 0 Å². The molecule has 0 spiro atoms. The highest BCUT2D eigenvalue weighted by Crippen LogP contribution is 2.26. The standard InChI is InChI=1S/C20H27NO/c1-16(2)21-14-7-15-22-20(18-8-5-4-6-9-18)19-12-10-17(3)11-13-19/h4-6,8-13,16,20-21H,7,14-15H2,1-3H3/t20-/m1/s1. The molecule has 0 radical (unpaired) electrons. The van der Waals surface area contributed by atoms with E-state index in [1.807, 2.05) is 6.07 Å². The van der Waals surface area contributed by atoms with Crippen LogP contribution in [0.3, 0.4) is 0 Å². The fourth-order valence-electron chi connectivity index (χ4n) is 2.42. The number of aryl methyl sites for hydroxylation is 1. The van der Waals surface area contributed by atoms with Crippen molar-refractivity contribution in [3.63, 3.8) is 0 Å². The van der Waals surface area contributed by atoms with Crippen LogP contribution >= 0.6 is 0 Å². The summed E-state index contributed by atoms with van der Waals surface area (Å²) < 4.78 is 6.20. The predicted octanol–water partition coefficient (Wildman–Crippen LogP) is 4.49. The summed E-state index contributed by atoms with van der Waals surface area (Å²) in [5, 5.41) is 3.43. The Labute approximate surface area is 134 Å². The Bertz CT molecular complexity index is 533. The second kappa shape index (κ2) is 8.72. The fraction of sp³-hybridized carbons (Fsp3) is 0.400. The number of rotatable bonds is 8. The molecular weight excluding hydrogens is 270 g/mol. The van der Waals surface area contributed by atoms with Gasteiger partial charge in [-0.1, -0.05) is 74.0 Å². The van der Waals surface area contributed by atoms with E-state index in [4.69, 9.17) is 4.74 Å². The molecule has 0 amide bonds. The first-order chi connectivity index (χ1) is 10.7. The zero-order chi connectivity index (χ0) is 15.8. The van der Waals surface area contributed by atoms with Crippen molar-refractivity contribution >= 4 is 0 Å². The third-order valence-corrected chi connectivity index (χ3v) is 3.64. The molecule has 0 heterocycles. The molecule has 0 saturated carbocycles. The summed E-state index contributed by atoms with van der Waals surface area (Å²) in [6.45, 7) is 8.19. The summed E-state index contributed by atoms with van der Waals surface area (Å²) in [5.74, 6) is 0. The van der Waals surface area contributed by atoms with Gasteiger partial charge in [-0.25, -0.2) is 0 Å². The third-order valence-electron chi connectivity index (χ3n) is 3.64. The Morgan fingerprint density at radius 3 is 2.18 bits per heavy atom. The van der Waals surface area contributed by atoms with Gasteiger partial charge in [0, 0.05) is 12.6 Å². The average molecular weight is 297 g/mol. The van der Waals surface area contributed by atoms with Crippen molar-refractivity contribution in [2.45, 2.75) is 39.3 Å². The summed E-state index contributed by atoms with van der Waals surface area (Å²) in [6, 6.07) is 19.6. The van der Waals surface area contributed by atoms with Crippen LogP contribution in [0.5, 0.6) is 0 Å². The van der Waals surface area contributed by atoms with Crippen molar-refractivity contribution in [2.24, 2.45) is 0 Å². The molecule has 2 heteroatoms. The first-order valence-electron chi connectivity index (χ1n) is 8.13. The number of nitrogens with one attached hydrogen (secondary N) is 1. The Morgan fingerprint density at radius 1 is 0.909 bits per heavy atom. The fourth-order valence-corrected chi connectivity index (χ4v) is 2.42. The van der Waals surface area contributed by atoms with Crippen LogP contribution < -0.4 is 5.32 Å². The lowest BCUT2D eigenvalue weighted by molar-refractivity contribution is 0.0780. The van der Waals surface area contributed by atoms with Gasteiger partial charge in [-0.15, -0.1) is 0 Å². The maximum Gasteiger partial charge on any atom is 0.108 e. The molecule has 2 aromatic rings. The van der Waals surface area contributed by atoms with Crippen LogP contribution in [0.15, 0.2) is 54.6 Å². The quantitative estimate of drug-likeness (QED) is 0.725. The molecule has 0 aliphatic rings. The first-order valence-corrected chi connectivity index (χ1v) is 8.13. The number of hydrogen-bond acceptors (Lipinski definition) is 2. The highest BCUT2D eigenvalue weighted by molar-refractivity contribution is 5.31. The van der Waals surface area contributed by atoms with Gasteiger partial charge in [0.15, 0.2) is 0 Å². The number of hydrogen-bond donors (Lipinski definition) is 1. The SMILES string of the molecule is Cc1ccc([C@H](OCCCNC(C)C)c2ccccc2)cc1. The molecule has 2 aromatic carbocycles. The Morgan fingerprint density at radius 2 is 1.55 bits per heavy atom. The summed E-state index contributed by atoms with van der Waals surface area (Å²) in [6.07, 6.45) is 1.04. The predicted molar refractivity (Wildman–Crippen MR) is 93.2 cm³/mol. The minimum Gasteiger partial charge on any atom is -0.369 e. The second-order valence-corrected chi connectivity index (χ2v) is 6.03. The second-order valence-electron chi connectivity index (χ2n) is 6.03. The van der Waals surface area contributed by atoms with Crippen LogP contribution in [-0.2, 0) is 4.74 Å². The maximum atomic E-state index is 6.20. The molecule has 0 aliphatic carbocycles. The van der Waals surface area contributed by atoms with E-state index in [1.165, 1.54) is 16.7 Å². The zero-order valence-corrected chi connectivity index (χ0v) is 13.9. The van der Waals surface area contributed by atoms with Crippen molar-refractivity contribution in [2.75, 3.05) is 13.2 Å². The van der Waals surface area contributed by atoms with Crippen molar-refractivity contribution < 1.29 is 4.74 Å². The minimum atomic E-state index is 0.0147. The molecule has 118 valence electrons. The number of ether oxygens (including phenoxy) is 1.